The van der Waals surface area contributed by atoms with Gasteiger partial charge < -0.3 is 4.74 Å². The second-order valence-corrected chi connectivity index (χ2v) is 7.54. The monoisotopic (exact) mass is 389 g/mol. The minimum atomic E-state index is -3.98. The van der Waals surface area contributed by atoms with E-state index >= 15 is 0 Å². The summed E-state index contributed by atoms with van der Waals surface area (Å²) < 4.78 is 59.1. The summed E-state index contributed by atoms with van der Waals surface area (Å²) in [5.74, 6) is -1.61. The van der Waals surface area contributed by atoms with Crippen LogP contribution < -0.4 is 9.46 Å². The van der Waals surface area contributed by atoms with Crippen LogP contribution in [0.1, 0.15) is 11.1 Å². The minimum absolute atomic E-state index is 0.00431. The Morgan fingerprint density at radius 2 is 1.48 bits per heavy atom. The van der Waals surface area contributed by atoms with Gasteiger partial charge in [0.05, 0.1) is 4.90 Å². The summed E-state index contributed by atoms with van der Waals surface area (Å²) in [6.45, 7) is 0.267. The first-order chi connectivity index (χ1) is 13.0. The van der Waals surface area contributed by atoms with Crippen LogP contribution in [0.5, 0.6) is 5.75 Å². The quantitative estimate of drug-likeness (QED) is 0.664. The van der Waals surface area contributed by atoms with E-state index in [-0.39, 0.29) is 18.0 Å². The number of ether oxygens (including phenoxy) is 1. The molecule has 0 atom stereocenters. The zero-order valence-corrected chi connectivity index (χ0v) is 15.0. The van der Waals surface area contributed by atoms with Crippen LogP contribution in [0.2, 0.25) is 0 Å². The molecule has 0 aliphatic carbocycles. The van der Waals surface area contributed by atoms with Crippen molar-refractivity contribution in [1.82, 2.24) is 4.72 Å². The summed E-state index contributed by atoms with van der Waals surface area (Å²) in [4.78, 5) is -0.334. The maximum atomic E-state index is 13.3. The first-order valence-corrected chi connectivity index (χ1v) is 9.63. The van der Waals surface area contributed by atoms with Crippen LogP contribution in [0.25, 0.3) is 0 Å². The Balaban J connectivity index is 1.71. The fraction of sp³-hybridized carbons (Fsp3) is 0.100. The van der Waals surface area contributed by atoms with Crippen molar-refractivity contribution in [1.29, 1.82) is 0 Å². The van der Waals surface area contributed by atoms with Crippen molar-refractivity contribution < 1.29 is 21.9 Å². The maximum absolute atomic E-state index is 13.3. The van der Waals surface area contributed by atoms with Crippen LogP contribution in [0, 0.1) is 11.6 Å². The zero-order valence-electron chi connectivity index (χ0n) is 14.2. The third-order valence-electron chi connectivity index (χ3n) is 3.91. The second kappa shape index (κ2) is 8.28. The molecule has 0 saturated carbocycles. The average Bonchev–Trinajstić information content (AvgIpc) is 2.68. The van der Waals surface area contributed by atoms with E-state index in [0.29, 0.717) is 11.8 Å². The van der Waals surface area contributed by atoms with Gasteiger partial charge in [0.15, 0.2) is 11.6 Å². The van der Waals surface area contributed by atoms with E-state index in [4.69, 9.17) is 4.74 Å². The Hall–Kier alpha value is -2.77. The molecule has 0 aliphatic heterocycles. The normalized spacial score (nSPS) is 11.3. The molecule has 0 aromatic heterocycles. The van der Waals surface area contributed by atoms with Crippen LogP contribution in [0.15, 0.2) is 77.7 Å². The van der Waals surface area contributed by atoms with Gasteiger partial charge in [0, 0.05) is 6.54 Å². The number of hydrogen-bond acceptors (Lipinski definition) is 3. The van der Waals surface area contributed by atoms with Gasteiger partial charge in [0.2, 0.25) is 10.0 Å². The predicted octanol–water partition coefficient (Wildman–Crippen LogP) is 4.02. The highest BCUT2D eigenvalue weighted by molar-refractivity contribution is 7.89. The van der Waals surface area contributed by atoms with Crippen molar-refractivity contribution >= 4 is 10.0 Å². The number of nitrogens with one attached hydrogen (secondary N) is 1. The molecule has 0 heterocycles. The molecule has 140 valence electrons. The largest absolute Gasteiger partial charge is 0.489 e. The predicted molar refractivity (Wildman–Crippen MR) is 97.6 cm³/mol. The molecule has 0 spiro atoms. The Morgan fingerprint density at radius 3 is 2.19 bits per heavy atom. The van der Waals surface area contributed by atoms with Gasteiger partial charge in [-0.3, -0.25) is 0 Å². The third kappa shape index (κ3) is 4.90. The molecule has 3 aromatic rings. The number of para-hydroxylation sites is 1. The summed E-state index contributed by atoms with van der Waals surface area (Å²) in [5, 5.41) is 0. The van der Waals surface area contributed by atoms with Gasteiger partial charge in [-0.1, -0.05) is 42.5 Å². The molecule has 0 radical (unpaired) electrons. The molecule has 0 saturated heterocycles. The van der Waals surface area contributed by atoms with Gasteiger partial charge in [-0.25, -0.2) is 21.9 Å². The lowest BCUT2D eigenvalue weighted by atomic mass is 10.1. The van der Waals surface area contributed by atoms with E-state index in [2.05, 4.69) is 4.72 Å². The number of hydrogen-bond donors (Lipinski definition) is 1. The zero-order chi connectivity index (χ0) is 19.3. The average molecular weight is 389 g/mol. The highest BCUT2D eigenvalue weighted by Crippen LogP contribution is 2.17. The van der Waals surface area contributed by atoms with E-state index in [9.17, 15) is 17.2 Å². The highest BCUT2D eigenvalue weighted by Gasteiger charge is 2.17. The molecule has 4 nitrogen and oxygen atoms in total. The SMILES string of the molecule is O=S(=O)(NCc1ccccc1COc1ccccc1)c1ccc(F)c(F)c1. The molecule has 0 unspecified atom stereocenters. The van der Waals surface area contributed by atoms with Gasteiger partial charge >= 0.3 is 0 Å². The molecular formula is C20H17F2NO3S. The fourth-order valence-electron chi connectivity index (χ4n) is 2.45. The molecule has 3 rings (SSSR count). The molecule has 0 amide bonds. The van der Waals surface area contributed by atoms with Gasteiger partial charge in [-0.15, -0.1) is 0 Å². The molecular weight excluding hydrogens is 372 g/mol. The standard InChI is InChI=1S/C20H17F2NO3S/c21-19-11-10-18(12-20(19)22)27(24,25)23-13-15-6-4-5-7-16(15)14-26-17-8-2-1-3-9-17/h1-12,23H,13-14H2. The van der Waals surface area contributed by atoms with Crippen molar-refractivity contribution in [3.63, 3.8) is 0 Å². The van der Waals surface area contributed by atoms with Gasteiger partial charge in [0.25, 0.3) is 0 Å². The lowest BCUT2D eigenvalue weighted by Gasteiger charge is -2.12. The fourth-order valence-corrected chi connectivity index (χ4v) is 3.47. The molecule has 27 heavy (non-hydrogen) atoms. The molecule has 0 fully saturated rings. The lowest BCUT2D eigenvalue weighted by Crippen LogP contribution is -2.24. The Labute approximate surface area is 156 Å². The van der Waals surface area contributed by atoms with Crippen LogP contribution >= 0.6 is 0 Å². The van der Waals surface area contributed by atoms with E-state index in [1.807, 2.05) is 42.5 Å². The van der Waals surface area contributed by atoms with Crippen molar-refractivity contribution in [2.75, 3.05) is 0 Å². The molecule has 0 bridgehead atoms. The van der Waals surface area contributed by atoms with Gasteiger partial charge in [0.1, 0.15) is 12.4 Å². The maximum Gasteiger partial charge on any atom is 0.240 e. The Morgan fingerprint density at radius 1 is 0.815 bits per heavy atom. The lowest BCUT2D eigenvalue weighted by molar-refractivity contribution is 0.305. The van der Waals surface area contributed by atoms with E-state index < -0.39 is 21.7 Å². The molecule has 3 aromatic carbocycles. The van der Waals surface area contributed by atoms with Gasteiger partial charge in [-0.2, -0.15) is 0 Å². The number of sulfonamides is 1. The van der Waals surface area contributed by atoms with Crippen molar-refractivity contribution in [3.05, 3.63) is 95.6 Å². The Bertz CT molecular complexity index is 1020. The molecule has 1 N–H and O–H groups in total. The van der Waals surface area contributed by atoms with Crippen molar-refractivity contribution in [3.8, 4) is 5.75 Å². The van der Waals surface area contributed by atoms with Crippen LogP contribution in [-0.4, -0.2) is 8.42 Å². The van der Waals surface area contributed by atoms with Gasteiger partial charge in [-0.05, 0) is 41.5 Å². The first-order valence-electron chi connectivity index (χ1n) is 8.15. The van der Waals surface area contributed by atoms with E-state index in [1.54, 1.807) is 12.1 Å². The van der Waals surface area contributed by atoms with Crippen LogP contribution in [0.3, 0.4) is 0 Å². The molecule has 7 heteroatoms. The minimum Gasteiger partial charge on any atom is -0.489 e. The van der Waals surface area contributed by atoms with Crippen molar-refractivity contribution in [2.24, 2.45) is 0 Å². The third-order valence-corrected chi connectivity index (χ3v) is 5.31. The number of halogens is 2. The summed E-state index contributed by atoms with van der Waals surface area (Å²) in [6.07, 6.45) is 0. The summed E-state index contributed by atoms with van der Waals surface area (Å²) in [5.41, 5.74) is 1.54. The van der Waals surface area contributed by atoms with Crippen LogP contribution in [0.4, 0.5) is 8.78 Å². The summed E-state index contributed by atoms with van der Waals surface area (Å²) in [7, 11) is -3.98. The first kappa shape index (κ1) is 19.0. The van der Waals surface area contributed by atoms with Crippen LogP contribution in [-0.2, 0) is 23.2 Å². The smallest absolute Gasteiger partial charge is 0.240 e. The summed E-state index contributed by atoms with van der Waals surface area (Å²) in [6, 6.07) is 18.9. The summed E-state index contributed by atoms with van der Waals surface area (Å²) >= 11 is 0. The van der Waals surface area contributed by atoms with E-state index in [1.165, 1.54) is 0 Å². The Kier molecular flexibility index (Phi) is 5.83. The van der Waals surface area contributed by atoms with E-state index in [0.717, 1.165) is 23.3 Å². The molecule has 0 aliphatic rings. The number of rotatable bonds is 7. The van der Waals surface area contributed by atoms with Crippen molar-refractivity contribution in [2.45, 2.75) is 18.0 Å². The topological polar surface area (TPSA) is 55.4 Å². The number of benzene rings is 3. The second-order valence-electron chi connectivity index (χ2n) is 5.77. The highest BCUT2D eigenvalue weighted by atomic mass is 32.2.